The molecule has 4 nitrogen and oxygen atoms in total. The maximum atomic E-state index is 12.8. The molecule has 2 N–H and O–H groups in total. The highest BCUT2D eigenvalue weighted by Crippen LogP contribution is 2.40. The molecule has 1 aromatic heterocycles. The zero-order valence-electron chi connectivity index (χ0n) is 13.5. The van der Waals surface area contributed by atoms with Crippen LogP contribution < -0.4 is 10.6 Å². The number of rotatable bonds is 3. The minimum absolute atomic E-state index is 0. The fourth-order valence-corrected chi connectivity index (χ4v) is 3.20. The number of pyridine rings is 1. The maximum Gasteiger partial charge on any atom is 0.252 e. The summed E-state index contributed by atoms with van der Waals surface area (Å²) in [6, 6.07) is 10.3. The lowest BCUT2D eigenvalue weighted by Gasteiger charge is -2.24. The van der Waals surface area contributed by atoms with Gasteiger partial charge in [0.1, 0.15) is 0 Å². The Balaban J connectivity index is 0.00000104. The summed E-state index contributed by atoms with van der Waals surface area (Å²) >= 11 is 0. The number of aromatic nitrogens is 1. The Morgan fingerprint density at radius 3 is 2.50 bits per heavy atom. The Morgan fingerprint density at radius 1 is 1.08 bits per heavy atom. The van der Waals surface area contributed by atoms with Crippen molar-refractivity contribution in [2.24, 2.45) is 0 Å². The Bertz CT molecular complexity index is 712. The lowest BCUT2D eigenvalue weighted by molar-refractivity contribution is 0.0931. The van der Waals surface area contributed by atoms with Crippen molar-refractivity contribution in [3.8, 4) is 0 Å². The first-order valence-corrected chi connectivity index (χ1v) is 8.22. The summed E-state index contributed by atoms with van der Waals surface area (Å²) in [7, 11) is 0. The third-order valence-corrected chi connectivity index (χ3v) is 4.65. The number of carbonyl (C=O) groups is 1. The van der Waals surface area contributed by atoms with E-state index in [-0.39, 0.29) is 36.8 Å². The largest absolute Gasteiger partial charge is 0.349 e. The second-order valence-electron chi connectivity index (χ2n) is 6.38. The monoisotopic (exact) mass is 367 g/mol. The van der Waals surface area contributed by atoms with Crippen LogP contribution in [-0.2, 0) is 0 Å². The molecule has 0 radical (unpaired) electrons. The van der Waals surface area contributed by atoms with Crippen molar-refractivity contribution in [2.75, 3.05) is 13.1 Å². The number of para-hydroxylation sites is 1. The van der Waals surface area contributed by atoms with Crippen LogP contribution in [-0.4, -0.2) is 30.0 Å². The van der Waals surface area contributed by atoms with Crippen LogP contribution in [0.3, 0.4) is 0 Å². The van der Waals surface area contributed by atoms with E-state index >= 15 is 0 Å². The maximum absolute atomic E-state index is 12.8. The topological polar surface area (TPSA) is 54.0 Å². The Hall–Kier alpha value is -1.36. The summed E-state index contributed by atoms with van der Waals surface area (Å²) in [4.78, 5) is 17.5. The predicted molar refractivity (Wildman–Crippen MR) is 102 cm³/mol. The standard InChI is InChI=1S/C18H21N3O.2ClH/c22-18(20-13-7-9-19-10-8-13)15-11-17(12-5-6-12)21-16-4-2-1-3-14(15)16;;/h1-4,11-13,19H,5-10H2,(H,20,22);2*1H. The number of benzene rings is 1. The number of carbonyl (C=O) groups excluding carboxylic acids is 1. The third kappa shape index (κ3) is 4.00. The Labute approximate surface area is 154 Å². The van der Waals surface area contributed by atoms with Crippen LogP contribution in [0.25, 0.3) is 10.9 Å². The molecule has 1 aromatic carbocycles. The van der Waals surface area contributed by atoms with Gasteiger partial charge in [-0.1, -0.05) is 18.2 Å². The Kier molecular flexibility index (Phi) is 6.44. The molecule has 2 aliphatic rings. The van der Waals surface area contributed by atoms with Crippen molar-refractivity contribution in [1.82, 2.24) is 15.6 Å². The summed E-state index contributed by atoms with van der Waals surface area (Å²) in [6.45, 7) is 1.96. The number of halogens is 2. The summed E-state index contributed by atoms with van der Waals surface area (Å²) in [5.41, 5.74) is 2.79. The molecular formula is C18H23Cl2N3O. The van der Waals surface area contributed by atoms with Crippen LogP contribution in [0.15, 0.2) is 30.3 Å². The van der Waals surface area contributed by atoms with Gasteiger partial charge in [0.05, 0.1) is 11.1 Å². The van der Waals surface area contributed by atoms with E-state index in [0.29, 0.717) is 5.92 Å². The van der Waals surface area contributed by atoms with Crippen molar-refractivity contribution in [2.45, 2.75) is 37.6 Å². The predicted octanol–water partition coefficient (Wildman–Crippen LogP) is 3.44. The van der Waals surface area contributed by atoms with Crippen molar-refractivity contribution in [1.29, 1.82) is 0 Å². The molecule has 6 heteroatoms. The third-order valence-electron chi connectivity index (χ3n) is 4.65. The molecule has 2 aromatic rings. The van der Waals surface area contributed by atoms with Gasteiger partial charge in [-0.25, -0.2) is 0 Å². The minimum atomic E-state index is 0. The van der Waals surface area contributed by atoms with Gasteiger partial charge in [0.15, 0.2) is 0 Å². The van der Waals surface area contributed by atoms with Gasteiger partial charge in [0, 0.05) is 23.0 Å². The number of fused-ring (bicyclic) bond motifs is 1. The number of nitrogens with one attached hydrogen (secondary N) is 2. The van der Waals surface area contributed by atoms with E-state index in [1.807, 2.05) is 30.3 Å². The number of hydrogen-bond acceptors (Lipinski definition) is 3. The molecule has 0 atom stereocenters. The van der Waals surface area contributed by atoms with Gasteiger partial charge in [0.2, 0.25) is 0 Å². The molecule has 0 spiro atoms. The lowest BCUT2D eigenvalue weighted by Crippen LogP contribution is -2.42. The number of hydrogen-bond donors (Lipinski definition) is 2. The molecule has 1 amide bonds. The second kappa shape index (κ2) is 8.15. The summed E-state index contributed by atoms with van der Waals surface area (Å²) < 4.78 is 0. The van der Waals surface area contributed by atoms with Gasteiger partial charge in [-0.3, -0.25) is 9.78 Å². The first-order chi connectivity index (χ1) is 10.8. The first kappa shape index (κ1) is 19.0. The van der Waals surface area contributed by atoms with E-state index in [2.05, 4.69) is 10.6 Å². The Morgan fingerprint density at radius 2 is 1.79 bits per heavy atom. The molecule has 2 fully saturated rings. The van der Waals surface area contributed by atoms with Crippen molar-refractivity contribution >= 4 is 41.6 Å². The molecule has 24 heavy (non-hydrogen) atoms. The van der Waals surface area contributed by atoms with Gasteiger partial charge in [-0.2, -0.15) is 0 Å². The summed E-state index contributed by atoms with van der Waals surface area (Å²) in [6.07, 6.45) is 4.40. The van der Waals surface area contributed by atoms with Gasteiger partial charge in [-0.05, 0) is 50.9 Å². The van der Waals surface area contributed by atoms with E-state index < -0.39 is 0 Å². The van der Waals surface area contributed by atoms with Crippen molar-refractivity contribution in [3.63, 3.8) is 0 Å². The minimum Gasteiger partial charge on any atom is -0.349 e. The van der Waals surface area contributed by atoms with Gasteiger partial charge >= 0.3 is 0 Å². The fraction of sp³-hybridized carbons (Fsp3) is 0.444. The average molecular weight is 368 g/mol. The van der Waals surface area contributed by atoms with Crippen molar-refractivity contribution in [3.05, 3.63) is 41.6 Å². The average Bonchev–Trinajstić information content (AvgIpc) is 3.39. The van der Waals surface area contributed by atoms with Crippen molar-refractivity contribution < 1.29 is 4.79 Å². The van der Waals surface area contributed by atoms with Crippen LogP contribution >= 0.6 is 24.8 Å². The molecule has 1 saturated heterocycles. The van der Waals surface area contributed by atoms with E-state index in [1.165, 1.54) is 12.8 Å². The molecule has 1 saturated carbocycles. The molecule has 1 aliphatic carbocycles. The van der Waals surface area contributed by atoms with E-state index in [1.54, 1.807) is 0 Å². The molecule has 1 aliphatic heterocycles. The number of nitrogens with zero attached hydrogens (tertiary/aromatic N) is 1. The number of piperidine rings is 1. The highest BCUT2D eigenvalue weighted by Gasteiger charge is 2.27. The molecule has 0 unspecified atom stereocenters. The van der Waals surface area contributed by atoms with Crippen LogP contribution in [0.4, 0.5) is 0 Å². The molecule has 130 valence electrons. The SMILES string of the molecule is Cl.Cl.O=C(NC1CCNCC1)c1cc(C2CC2)nc2ccccc12. The zero-order valence-corrected chi connectivity index (χ0v) is 15.1. The van der Waals surface area contributed by atoms with Gasteiger partial charge in [-0.15, -0.1) is 24.8 Å². The second-order valence-corrected chi connectivity index (χ2v) is 6.38. The van der Waals surface area contributed by atoms with E-state index in [0.717, 1.165) is 48.1 Å². The number of amides is 1. The van der Waals surface area contributed by atoms with Crippen LogP contribution in [0.5, 0.6) is 0 Å². The highest BCUT2D eigenvalue weighted by atomic mass is 35.5. The molecule has 2 heterocycles. The fourth-order valence-electron chi connectivity index (χ4n) is 3.20. The van der Waals surface area contributed by atoms with Crippen LogP contribution in [0.1, 0.15) is 47.7 Å². The van der Waals surface area contributed by atoms with E-state index in [4.69, 9.17) is 4.98 Å². The van der Waals surface area contributed by atoms with Crippen LogP contribution in [0.2, 0.25) is 0 Å². The van der Waals surface area contributed by atoms with E-state index in [9.17, 15) is 4.79 Å². The van der Waals surface area contributed by atoms with Gasteiger partial charge < -0.3 is 10.6 Å². The van der Waals surface area contributed by atoms with Gasteiger partial charge in [0.25, 0.3) is 5.91 Å². The quantitative estimate of drug-likeness (QED) is 0.873. The summed E-state index contributed by atoms with van der Waals surface area (Å²) in [5, 5.41) is 7.49. The smallest absolute Gasteiger partial charge is 0.252 e. The summed E-state index contributed by atoms with van der Waals surface area (Å²) in [5.74, 6) is 0.599. The molecule has 4 rings (SSSR count). The zero-order chi connectivity index (χ0) is 14.9. The highest BCUT2D eigenvalue weighted by molar-refractivity contribution is 6.06. The normalized spacial score (nSPS) is 17.7. The molecular weight excluding hydrogens is 345 g/mol. The molecule has 0 bridgehead atoms. The first-order valence-electron chi connectivity index (χ1n) is 8.22. The van der Waals surface area contributed by atoms with Crippen LogP contribution in [0, 0.1) is 0 Å². The lowest BCUT2D eigenvalue weighted by atomic mass is 10.0.